The van der Waals surface area contributed by atoms with Crippen molar-refractivity contribution in [2.45, 2.75) is 0 Å². The molecule has 0 saturated heterocycles. The van der Waals surface area contributed by atoms with Crippen LogP contribution >= 0.6 is 0 Å². The van der Waals surface area contributed by atoms with Crippen molar-refractivity contribution < 1.29 is 9.90 Å². The number of hydrogen-bond donors (Lipinski definition) is 1. The summed E-state index contributed by atoms with van der Waals surface area (Å²) in [7, 11) is 0. The molecule has 0 aliphatic heterocycles. The van der Waals surface area contributed by atoms with Gasteiger partial charge in [0.05, 0.1) is 16.6 Å². The maximum atomic E-state index is 11.5. The first-order valence-electron chi connectivity index (χ1n) is 6.27. The number of nitrogens with zero attached hydrogens (tertiary/aromatic N) is 2. The van der Waals surface area contributed by atoms with Crippen LogP contribution in [0.1, 0.15) is 10.5 Å². The van der Waals surface area contributed by atoms with Crippen LogP contribution in [0, 0.1) is 0 Å². The van der Waals surface area contributed by atoms with Crippen LogP contribution in [0.3, 0.4) is 0 Å². The molecule has 0 bridgehead atoms. The van der Waals surface area contributed by atoms with Crippen molar-refractivity contribution in [1.29, 1.82) is 0 Å². The van der Waals surface area contributed by atoms with Gasteiger partial charge in [-0.05, 0) is 12.1 Å². The van der Waals surface area contributed by atoms with E-state index in [1.807, 2.05) is 59.1 Å². The first-order valence-corrected chi connectivity index (χ1v) is 6.27. The molecule has 0 fully saturated rings. The zero-order chi connectivity index (χ0) is 13.7. The zero-order valence-electron chi connectivity index (χ0n) is 10.4. The molecule has 2 heterocycles. The largest absolute Gasteiger partial charge is 0.476 e. The number of benzene rings is 2. The van der Waals surface area contributed by atoms with Crippen molar-refractivity contribution in [2.75, 3.05) is 0 Å². The minimum absolute atomic E-state index is 0.0879. The quantitative estimate of drug-likeness (QED) is 0.572. The van der Waals surface area contributed by atoms with Gasteiger partial charge in [-0.15, -0.1) is 0 Å². The minimum Gasteiger partial charge on any atom is -0.476 e. The van der Waals surface area contributed by atoms with E-state index in [2.05, 4.69) is 4.98 Å². The van der Waals surface area contributed by atoms with Crippen LogP contribution in [0.4, 0.5) is 0 Å². The van der Waals surface area contributed by atoms with Crippen LogP contribution < -0.4 is 0 Å². The van der Waals surface area contributed by atoms with E-state index in [0.717, 1.165) is 16.3 Å². The number of rotatable bonds is 1. The van der Waals surface area contributed by atoms with Crippen molar-refractivity contribution in [3.8, 4) is 0 Å². The second-order valence-electron chi connectivity index (χ2n) is 4.69. The third-order valence-corrected chi connectivity index (χ3v) is 3.53. The molecule has 0 radical (unpaired) electrons. The van der Waals surface area contributed by atoms with Gasteiger partial charge in [0.1, 0.15) is 0 Å². The summed E-state index contributed by atoms with van der Waals surface area (Å²) in [5.41, 5.74) is 2.32. The van der Waals surface area contributed by atoms with Crippen LogP contribution in [-0.4, -0.2) is 20.5 Å². The molecule has 0 aliphatic carbocycles. The molecule has 0 saturated carbocycles. The average Bonchev–Trinajstić information content (AvgIpc) is 2.86. The smallest absolute Gasteiger partial charge is 0.356 e. The van der Waals surface area contributed by atoms with Crippen molar-refractivity contribution in [2.24, 2.45) is 0 Å². The topological polar surface area (TPSA) is 54.6 Å². The standard InChI is InChI=1S/C16H10N2O2/c19-16(20)14-15-11-6-2-1-5-10(11)9-18(15)13-8-4-3-7-12(13)17-14/h1-9H,(H,19,20). The lowest BCUT2D eigenvalue weighted by Gasteiger charge is -2.05. The Kier molecular flexibility index (Phi) is 2.09. The van der Waals surface area contributed by atoms with Gasteiger partial charge in [0.15, 0.2) is 5.69 Å². The van der Waals surface area contributed by atoms with Crippen LogP contribution in [-0.2, 0) is 0 Å². The Morgan fingerprint density at radius 3 is 2.65 bits per heavy atom. The van der Waals surface area contributed by atoms with E-state index in [9.17, 15) is 9.90 Å². The second kappa shape index (κ2) is 3.81. The van der Waals surface area contributed by atoms with Crippen molar-refractivity contribution in [1.82, 2.24) is 9.38 Å². The molecule has 0 spiro atoms. The van der Waals surface area contributed by atoms with Gasteiger partial charge >= 0.3 is 5.97 Å². The summed E-state index contributed by atoms with van der Waals surface area (Å²) < 4.78 is 1.91. The van der Waals surface area contributed by atoms with E-state index in [1.165, 1.54) is 0 Å². The Morgan fingerprint density at radius 2 is 1.80 bits per heavy atom. The Morgan fingerprint density at radius 1 is 1.05 bits per heavy atom. The molecule has 1 N–H and O–H groups in total. The van der Waals surface area contributed by atoms with Gasteiger partial charge in [-0.2, -0.15) is 0 Å². The highest BCUT2D eigenvalue weighted by molar-refractivity contribution is 6.09. The average molecular weight is 262 g/mol. The lowest BCUT2D eigenvalue weighted by molar-refractivity contribution is 0.0693. The van der Waals surface area contributed by atoms with E-state index in [4.69, 9.17) is 0 Å². The summed E-state index contributed by atoms with van der Waals surface area (Å²) in [4.78, 5) is 15.8. The number of carboxylic acid groups (broad SMARTS) is 1. The number of aromatic nitrogens is 2. The van der Waals surface area contributed by atoms with Crippen molar-refractivity contribution in [3.05, 3.63) is 60.4 Å². The van der Waals surface area contributed by atoms with Gasteiger partial charge in [0.2, 0.25) is 0 Å². The second-order valence-corrected chi connectivity index (χ2v) is 4.69. The minimum atomic E-state index is -1.01. The molecule has 96 valence electrons. The third kappa shape index (κ3) is 1.36. The molecule has 0 atom stereocenters. The lowest BCUT2D eigenvalue weighted by Crippen LogP contribution is -2.04. The van der Waals surface area contributed by atoms with E-state index < -0.39 is 5.97 Å². The first kappa shape index (κ1) is 11.0. The zero-order valence-corrected chi connectivity index (χ0v) is 10.4. The van der Waals surface area contributed by atoms with Gasteiger partial charge < -0.3 is 9.51 Å². The van der Waals surface area contributed by atoms with E-state index in [-0.39, 0.29) is 5.69 Å². The third-order valence-electron chi connectivity index (χ3n) is 3.53. The Balaban J connectivity index is 2.36. The maximum absolute atomic E-state index is 11.5. The van der Waals surface area contributed by atoms with Crippen molar-refractivity contribution >= 4 is 33.3 Å². The molecular weight excluding hydrogens is 252 g/mol. The van der Waals surface area contributed by atoms with Gasteiger partial charge in [0, 0.05) is 17.0 Å². The molecule has 0 aliphatic rings. The van der Waals surface area contributed by atoms with Crippen LogP contribution in [0.15, 0.2) is 54.7 Å². The Hall–Kier alpha value is -2.88. The number of carboxylic acids is 1. The molecule has 2 aromatic heterocycles. The SMILES string of the molecule is O=C(O)c1nc2ccccc2n2cc3ccccc3c12. The molecule has 4 rings (SSSR count). The Bertz CT molecular complexity index is 986. The summed E-state index contributed by atoms with van der Waals surface area (Å²) in [5, 5.41) is 11.4. The number of fused-ring (bicyclic) bond motifs is 5. The molecule has 4 nitrogen and oxygen atoms in total. The van der Waals surface area contributed by atoms with Gasteiger partial charge in [-0.25, -0.2) is 9.78 Å². The monoisotopic (exact) mass is 262 g/mol. The molecule has 0 unspecified atom stereocenters. The fraction of sp³-hybridized carbons (Fsp3) is 0. The van der Waals surface area contributed by atoms with Crippen LogP contribution in [0.2, 0.25) is 0 Å². The summed E-state index contributed by atoms with van der Waals surface area (Å²) in [5.74, 6) is -1.01. The summed E-state index contributed by atoms with van der Waals surface area (Å²) >= 11 is 0. The van der Waals surface area contributed by atoms with E-state index in [1.54, 1.807) is 0 Å². The predicted octanol–water partition coefficient (Wildman–Crippen LogP) is 3.34. The fourth-order valence-electron chi connectivity index (χ4n) is 2.68. The molecule has 0 amide bonds. The summed E-state index contributed by atoms with van der Waals surface area (Å²) in [6.45, 7) is 0. The van der Waals surface area contributed by atoms with Crippen LogP contribution in [0.25, 0.3) is 27.3 Å². The normalized spacial score (nSPS) is 11.4. The molecular formula is C16H10N2O2. The molecule has 2 aromatic carbocycles. The van der Waals surface area contributed by atoms with E-state index in [0.29, 0.717) is 11.0 Å². The highest BCUT2D eigenvalue weighted by Gasteiger charge is 2.17. The first-order chi connectivity index (χ1) is 9.75. The van der Waals surface area contributed by atoms with Crippen LogP contribution in [0.5, 0.6) is 0 Å². The summed E-state index contributed by atoms with van der Waals surface area (Å²) in [6, 6.07) is 15.3. The maximum Gasteiger partial charge on any atom is 0.356 e. The highest BCUT2D eigenvalue weighted by Crippen LogP contribution is 2.27. The van der Waals surface area contributed by atoms with Gasteiger partial charge in [-0.1, -0.05) is 36.4 Å². The number of carbonyl (C=O) groups is 1. The number of para-hydroxylation sites is 2. The molecule has 4 heteroatoms. The number of aromatic carboxylic acids is 1. The molecule has 20 heavy (non-hydrogen) atoms. The predicted molar refractivity (Wildman–Crippen MR) is 77.2 cm³/mol. The van der Waals surface area contributed by atoms with E-state index >= 15 is 0 Å². The lowest BCUT2D eigenvalue weighted by atomic mass is 10.2. The van der Waals surface area contributed by atoms with Gasteiger partial charge in [-0.3, -0.25) is 0 Å². The van der Waals surface area contributed by atoms with Crippen molar-refractivity contribution in [3.63, 3.8) is 0 Å². The highest BCUT2D eigenvalue weighted by atomic mass is 16.4. The Labute approximate surface area is 113 Å². The fourth-order valence-corrected chi connectivity index (χ4v) is 2.68. The van der Waals surface area contributed by atoms with Gasteiger partial charge in [0.25, 0.3) is 0 Å². The number of hydrogen-bond acceptors (Lipinski definition) is 2. The molecule has 4 aromatic rings. The summed E-state index contributed by atoms with van der Waals surface area (Å²) in [6.07, 6.45) is 1.96.